The van der Waals surface area contributed by atoms with E-state index in [4.69, 9.17) is 9.47 Å². The Bertz CT molecular complexity index is 894. The molecule has 2 aromatic carbocycles. The fourth-order valence-electron chi connectivity index (χ4n) is 3.32. The van der Waals surface area contributed by atoms with Gasteiger partial charge in [-0.05, 0) is 42.3 Å². The zero-order chi connectivity index (χ0) is 20.8. The maximum atomic E-state index is 12.9. The summed E-state index contributed by atoms with van der Waals surface area (Å²) in [4.78, 5) is 38.4. The maximum absolute atomic E-state index is 12.9. The number of nitrogens with zero attached hydrogens (tertiary/aromatic N) is 1. The highest BCUT2D eigenvalue weighted by Gasteiger charge is 2.23. The van der Waals surface area contributed by atoms with Crippen LogP contribution >= 0.6 is 0 Å². The largest absolute Gasteiger partial charge is 0.497 e. The molecule has 1 atom stereocenters. The summed E-state index contributed by atoms with van der Waals surface area (Å²) in [7, 11) is 2.88. The SMILES string of the molecule is COC(=O)C[C@@H](NC(=O)c1cccc(N2CCCC2=O)c1)c1ccc(OC)cc1. The number of ether oxygens (including phenoxy) is 2. The highest BCUT2D eigenvalue weighted by molar-refractivity contribution is 5.99. The Labute approximate surface area is 169 Å². The number of carbonyl (C=O) groups is 3. The molecule has 1 N–H and O–H groups in total. The van der Waals surface area contributed by atoms with Crippen molar-refractivity contribution >= 4 is 23.5 Å². The Morgan fingerprint density at radius 3 is 2.52 bits per heavy atom. The summed E-state index contributed by atoms with van der Waals surface area (Å²) in [6.07, 6.45) is 1.34. The van der Waals surface area contributed by atoms with Crippen molar-refractivity contribution in [1.82, 2.24) is 5.32 Å². The predicted octanol–water partition coefficient (Wildman–Crippen LogP) is 2.86. The van der Waals surface area contributed by atoms with E-state index in [0.717, 1.165) is 12.0 Å². The minimum Gasteiger partial charge on any atom is -0.497 e. The van der Waals surface area contributed by atoms with E-state index in [1.807, 2.05) is 6.07 Å². The molecule has 1 aliphatic rings. The first kappa shape index (κ1) is 20.4. The van der Waals surface area contributed by atoms with Crippen LogP contribution in [0.25, 0.3) is 0 Å². The van der Waals surface area contributed by atoms with Gasteiger partial charge in [0.05, 0.1) is 26.7 Å². The van der Waals surface area contributed by atoms with Crippen LogP contribution < -0.4 is 15.0 Å². The van der Waals surface area contributed by atoms with Crippen molar-refractivity contribution < 1.29 is 23.9 Å². The first-order chi connectivity index (χ1) is 14.0. The van der Waals surface area contributed by atoms with E-state index in [0.29, 0.717) is 30.0 Å². The van der Waals surface area contributed by atoms with Gasteiger partial charge in [0, 0.05) is 24.2 Å². The summed E-state index contributed by atoms with van der Waals surface area (Å²) in [6.45, 7) is 0.653. The molecule has 0 bridgehead atoms. The van der Waals surface area contributed by atoms with Crippen LogP contribution in [0.5, 0.6) is 5.75 Å². The fraction of sp³-hybridized carbons (Fsp3) is 0.318. The average Bonchev–Trinajstić information content (AvgIpc) is 3.19. The molecule has 0 unspecified atom stereocenters. The van der Waals surface area contributed by atoms with Crippen molar-refractivity contribution in [2.24, 2.45) is 0 Å². The maximum Gasteiger partial charge on any atom is 0.307 e. The molecule has 0 aliphatic carbocycles. The summed E-state index contributed by atoms with van der Waals surface area (Å²) < 4.78 is 9.93. The standard InChI is InChI=1S/C22H24N2O5/c1-28-18-10-8-15(9-11-18)19(14-21(26)29-2)23-22(27)16-5-3-6-17(13-16)24-12-4-7-20(24)25/h3,5-6,8-11,13,19H,4,7,12,14H2,1-2H3,(H,23,27)/t19-/m1/s1. The number of amides is 2. The van der Waals surface area contributed by atoms with Gasteiger partial charge in [0.2, 0.25) is 5.91 Å². The van der Waals surface area contributed by atoms with E-state index in [-0.39, 0.29) is 18.2 Å². The summed E-state index contributed by atoms with van der Waals surface area (Å²) in [5.41, 5.74) is 1.88. The molecule has 152 valence electrons. The van der Waals surface area contributed by atoms with Gasteiger partial charge in [-0.25, -0.2) is 0 Å². The van der Waals surface area contributed by atoms with Crippen LogP contribution in [0.1, 0.15) is 41.2 Å². The number of carbonyl (C=O) groups excluding carboxylic acids is 3. The first-order valence-electron chi connectivity index (χ1n) is 9.44. The van der Waals surface area contributed by atoms with Gasteiger partial charge in [0.15, 0.2) is 0 Å². The average molecular weight is 396 g/mol. The van der Waals surface area contributed by atoms with Crippen LogP contribution in [0.4, 0.5) is 5.69 Å². The second kappa shape index (κ2) is 9.23. The Morgan fingerprint density at radius 1 is 1.14 bits per heavy atom. The lowest BCUT2D eigenvalue weighted by Gasteiger charge is -2.20. The summed E-state index contributed by atoms with van der Waals surface area (Å²) >= 11 is 0. The van der Waals surface area contributed by atoms with E-state index in [2.05, 4.69) is 5.32 Å². The minimum atomic E-state index is -0.557. The Hall–Kier alpha value is -3.35. The van der Waals surface area contributed by atoms with Crippen molar-refractivity contribution in [3.8, 4) is 5.75 Å². The van der Waals surface area contributed by atoms with Crippen molar-refractivity contribution in [3.05, 3.63) is 59.7 Å². The molecular formula is C22H24N2O5. The van der Waals surface area contributed by atoms with E-state index < -0.39 is 12.0 Å². The topological polar surface area (TPSA) is 84.9 Å². The van der Waals surface area contributed by atoms with Gasteiger partial charge in [-0.2, -0.15) is 0 Å². The van der Waals surface area contributed by atoms with Gasteiger partial charge >= 0.3 is 5.97 Å². The molecule has 1 heterocycles. The van der Waals surface area contributed by atoms with E-state index in [1.165, 1.54) is 7.11 Å². The highest BCUT2D eigenvalue weighted by atomic mass is 16.5. The number of nitrogens with one attached hydrogen (secondary N) is 1. The van der Waals surface area contributed by atoms with E-state index in [9.17, 15) is 14.4 Å². The number of benzene rings is 2. The van der Waals surface area contributed by atoms with Crippen molar-refractivity contribution in [2.75, 3.05) is 25.7 Å². The van der Waals surface area contributed by atoms with Crippen LogP contribution in [-0.2, 0) is 14.3 Å². The van der Waals surface area contributed by atoms with Crippen molar-refractivity contribution in [3.63, 3.8) is 0 Å². The first-order valence-corrected chi connectivity index (χ1v) is 9.44. The van der Waals surface area contributed by atoms with Gasteiger partial charge in [0.1, 0.15) is 5.75 Å². The number of hydrogen-bond acceptors (Lipinski definition) is 5. The molecule has 2 amide bonds. The molecule has 0 spiro atoms. The van der Waals surface area contributed by atoms with Crippen molar-refractivity contribution in [1.29, 1.82) is 0 Å². The number of anilines is 1. The quantitative estimate of drug-likeness (QED) is 0.728. The molecular weight excluding hydrogens is 372 g/mol. The second-order valence-corrected chi connectivity index (χ2v) is 6.78. The van der Waals surface area contributed by atoms with Crippen LogP contribution in [0.3, 0.4) is 0 Å². The number of hydrogen-bond donors (Lipinski definition) is 1. The predicted molar refractivity (Wildman–Crippen MR) is 108 cm³/mol. The number of rotatable bonds is 7. The number of esters is 1. The third-order valence-corrected chi connectivity index (χ3v) is 4.92. The van der Waals surface area contributed by atoms with Gasteiger partial charge in [-0.15, -0.1) is 0 Å². The van der Waals surface area contributed by atoms with Gasteiger partial charge in [0.25, 0.3) is 5.91 Å². The van der Waals surface area contributed by atoms with Crippen LogP contribution in [0.15, 0.2) is 48.5 Å². The fourth-order valence-corrected chi connectivity index (χ4v) is 3.32. The minimum absolute atomic E-state index is 0.00112. The lowest BCUT2D eigenvalue weighted by Crippen LogP contribution is -2.31. The van der Waals surface area contributed by atoms with Gasteiger partial charge in [-0.3, -0.25) is 14.4 Å². The summed E-state index contributed by atoms with van der Waals surface area (Å²) in [5.74, 6) is -0.0185. The van der Waals surface area contributed by atoms with Crippen molar-refractivity contribution in [2.45, 2.75) is 25.3 Å². The molecule has 0 radical (unpaired) electrons. The summed E-state index contributed by atoms with van der Waals surface area (Å²) in [5, 5.41) is 2.90. The Kier molecular flexibility index (Phi) is 6.49. The lowest BCUT2D eigenvalue weighted by atomic mass is 10.0. The molecule has 0 aromatic heterocycles. The molecule has 7 nitrogen and oxygen atoms in total. The molecule has 1 fully saturated rings. The smallest absolute Gasteiger partial charge is 0.307 e. The molecule has 7 heteroatoms. The lowest BCUT2D eigenvalue weighted by molar-refractivity contribution is -0.141. The monoisotopic (exact) mass is 396 g/mol. The molecule has 0 saturated carbocycles. The Morgan fingerprint density at radius 2 is 1.90 bits per heavy atom. The molecule has 29 heavy (non-hydrogen) atoms. The van der Waals surface area contributed by atoms with Crippen LogP contribution in [0, 0.1) is 0 Å². The third-order valence-electron chi connectivity index (χ3n) is 4.92. The molecule has 1 saturated heterocycles. The van der Waals surface area contributed by atoms with Gasteiger partial charge in [-0.1, -0.05) is 18.2 Å². The third kappa shape index (κ3) is 4.93. The van der Waals surface area contributed by atoms with E-state index in [1.54, 1.807) is 54.5 Å². The molecule has 3 rings (SSSR count). The van der Waals surface area contributed by atoms with E-state index >= 15 is 0 Å². The zero-order valence-corrected chi connectivity index (χ0v) is 16.5. The highest BCUT2D eigenvalue weighted by Crippen LogP contribution is 2.24. The van der Waals surface area contributed by atoms with Crippen LogP contribution in [-0.4, -0.2) is 38.5 Å². The number of methoxy groups -OCH3 is 2. The Balaban J connectivity index is 1.80. The molecule has 2 aromatic rings. The zero-order valence-electron chi connectivity index (χ0n) is 16.5. The van der Waals surface area contributed by atoms with Gasteiger partial charge < -0.3 is 19.7 Å². The molecule has 1 aliphatic heterocycles. The second-order valence-electron chi connectivity index (χ2n) is 6.78. The normalized spacial score (nSPS) is 14.4. The van der Waals surface area contributed by atoms with Crippen LogP contribution in [0.2, 0.25) is 0 Å². The summed E-state index contributed by atoms with van der Waals surface area (Å²) in [6, 6.07) is 13.5.